The fraction of sp³-hybridized carbons (Fsp3) is 0. The van der Waals surface area contributed by atoms with Gasteiger partial charge in [0.1, 0.15) is 0 Å². The van der Waals surface area contributed by atoms with E-state index in [2.05, 4.69) is 0 Å². The molecule has 1 aliphatic heterocycles. The molecule has 0 atom stereocenters. The summed E-state index contributed by atoms with van der Waals surface area (Å²) >= 11 is 0. The van der Waals surface area contributed by atoms with Gasteiger partial charge in [-0.3, -0.25) is 4.79 Å². The summed E-state index contributed by atoms with van der Waals surface area (Å²) < 4.78 is 0. The van der Waals surface area contributed by atoms with Crippen molar-refractivity contribution in [2.75, 3.05) is 0 Å². The van der Waals surface area contributed by atoms with Gasteiger partial charge in [-0.2, -0.15) is 0 Å². The van der Waals surface area contributed by atoms with E-state index in [0.29, 0.717) is 0 Å². The van der Waals surface area contributed by atoms with Crippen LogP contribution in [0.15, 0.2) is 23.6 Å². The van der Waals surface area contributed by atoms with Crippen LogP contribution in [-0.2, 0) is 4.79 Å². The zero-order valence-electron chi connectivity index (χ0n) is 3.92. The number of carbonyl (C=O) groups is 1. The molecule has 0 radical (unpaired) electrons. The molecule has 7 heavy (non-hydrogen) atoms. The van der Waals surface area contributed by atoms with Gasteiger partial charge in [-0.1, -0.05) is 11.4 Å². The van der Waals surface area contributed by atoms with Gasteiger partial charge >= 0.3 is 0 Å². The summed E-state index contributed by atoms with van der Waals surface area (Å²) in [6.07, 6.45) is 3.29. The highest BCUT2D eigenvalue weighted by Crippen LogP contribution is 1.85. The zero-order chi connectivity index (χ0) is 5.11. The summed E-state index contributed by atoms with van der Waals surface area (Å²) in [6.45, 7) is 0. The molecule has 1 aliphatic rings. The highest BCUT2D eigenvalue weighted by molar-refractivity contribution is 6.50. The Labute approximate surface area is 44.5 Å². The monoisotopic (exact) mass is 110 g/mol. The molecule has 2 heteroatoms. The van der Waals surface area contributed by atoms with Crippen LogP contribution in [0.4, 0.5) is 0 Å². The molecule has 1 rings (SSSR count). The standard InChI is InChI=1S/C5H6OSi/c6-5-1-3-7-4-2-5/h1-4H,7H2. The maximum absolute atomic E-state index is 10.3. The molecule has 0 unspecified atom stereocenters. The number of carbonyl (C=O) groups excluding carboxylic acids is 1. The van der Waals surface area contributed by atoms with E-state index in [0.717, 1.165) is 0 Å². The molecule has 0 aliphatic carbocycles. The lowest BCUT2D eigenvalue weighted by Gasteiger charge is -1.86. The zero-order valence-corrected chi connectivity index (χ0v) is 5.34. The maximum atomic E-state index is 10.3. The third-order valence-electron chi connectivity index (χ3n) is 0.836. The largest absolute Gasteiger partial charge is 0.290 e. The van der Waals surface area contributed by atoms with Crippen LogP contribution in [0, 0.1) is 0 Å². The predicted octanol–water partition coefficient (Wildman–Crippen LogP) is -0.235. The van der Waals surface area contributed by atoms with Crippen molar-refractivity contribution < 1.29 is 4.79 Å². The molecule has 0 aromatic carbocycles. The maximum Gasteiger partial charge on any atom is 0.177 e. The molecule has 0 N–H and O–H groups in total. The molecule has 0 amide bonds. The Bertz CT molecular complexity index is 121. The third kappa shape index (κ3) is 1.12. The quantitative estimate of drug-likeness (QED) is 0.393. The Morgan fingerprint density at radius 1 is 1.29 bits per heavy atom. The summed E-state index contributed by atoms with van der Waals surface area (Å²) in [5, 5.41) is 0. The second kappa shape index (κ2) is 1.89. The molecule has 1 nitrogen and oxygen atoms in total. The molecule has 0 fully saturated rings. The third-order valence-corrected chi connectivity index (χ3v) is 1.85. The van der Waals surface area contributed by atoms with Gasteiger partial charge in [-0.05, 0) is 12.2 Å². The molecule has 0 saturated carbocycles. The van der Waals surface area contributed by atoms with Crippen LogP contribution in [0.1, 0.15) is 0 Å². The summed E-state index contributed by atoms with van der Waals surface area (Å²) in [5.74, 6) is 0.138. The molecule has 0 spiro atoms. The average Bonchev–Trinajstić information content (AvgIpc) is 1.69. The summed E-state index contributed by atoms with van der Waals surface area (Å²) in [7, 11) is -0.105. The van der Waals surface area contributed by atoms with Gasteiger partial charge < -0.3 is 0 Å². The highest BCUT2D eigenvalue weighted by Gasteiger charge is 1.89. The van der Waals surface area contributed by atoms with Gasteiger partial charge in [-0.25, -0.2) is 0 Å². The Morgan fingerprint density at radius 2 is 1.86 bits per heavy atom. The van der Waals surface area contributed by atoms with Crippen molar-refractivity contribution in [1.29, 1.82) is 0 Å². The van der Waals surface area contributed by atoms with Gasteiger partial charge in [0.05, 0.1) is 9.52 Å². The van der Waals surface area contributed by atoms with E-state index in [-0.39, 0.29) is 15.3 Å². The van der Waals surface area contributed by atoms with Crippen molar-refractivity contribution >= 4 is 15.3 Å². The summed E-state index contributed by atoms with van der Waals surface area (Å²) in [5.41, 5.74) is 3.98. The SMILES string of the molecule is O=C1C=C[SiH2]C=C1. The van der Waals surface area contributed by atoms with Crippen molar-refractivity contribution in [3.8, 4) is 0 Å². The molecule has 1 heterocycles. The van der Waals surface area contributed by atoms with Crippen molar-refractivity contribution in [3.63, 3.8) is 0 Å². The minimum Gasteiger partial charge on any atom is -0.290 e. The van der Waals surface area contributed by atoms with Gasteiger partial charge in [0.25, 0.3) is 0 Å². The molecule has 36 valence electrons. The number of allylic oxidation sites excluding steroid dienone is 2. The molecule has 0 saturated heterocycles. The van der Waals surface area contributed by atoms with Crippen LogP contribution >= 0.6 is 0 Å². The molecular formula is C5H6OSi. The first kappa shape index (κ1) is 4.52. The summed E-state index contributed by atoms with van der Waals surface area (Å²) in [6, 6.07) is 0. The lowest BCUT2D eigenvalue weighted by atomic mass is 10.4. The molecule has 0 aromatic heterocycles. The van der Waals surface area contributed by atoms with Crippen LogP contribution in [0.3, 0.4) is 0 Å². The van der Waals surface area contributed by atoms with E-state index in [9.17, 15) is 4.79 Å². The molecule has 0 bridgehead atoms. The van der Waals surface area contributed by atoms with E-state index in [4.69, 9.17) is 0 Å². The smallest absolute Gasteiger partial charge is 0.177 e. The van der Waals surface area contributed by atoms with Gasteiger partial charge in [0.15, 0.2) is 5.78 Å². The first-order valence-corrected chi connectivity index (χ1v) is 3.90. The van der Waals surface area contributed by atoms with E-state index in [1.807, 2.05) is 11.4 Å². The fourth-order valence-corrected chi connectivity index (χ4v) is 1.40. The van der Waals surface area contributed by atoms with Gasteiger partial charge in [0, 0.05) is 0 Å². The lowest BCUT2D eigenvalue weighted by Crippen LogP contribution is -1.93. The molecular weight excluding hydrogens is 104 g/mol. The second-order valence-corrected chi connectivity index (χ2v) is 2.86. The van der Waals surface area contributed by atoms with Crippen molar-refractivity contribution in [2.24, 2.45) is 0 Å². The Morgan fingerprint density at radius 3 is 2.14 bits per heavy atom. The predicted molar refractivity (Wildman–Crippen MR) is 31.8 cm³/mol. The second-order valence-electron chi connectivity index (χ2n) is 1.44. The Kier molecular flexibility index (Phi) is 1.22. The van der Waals surface area contributed by atoms with E-state index in [1.165, 1.54) is 0 Å². The van der Waals surface area contributed by atoms with Crippen LogP contribution in [0.5, 0.6) is 0 Å². The highest BCUT2D eigenvalue weighted by atomic mass is 28.2. The van der Waals surface area contributed by atoms with Crippen LogP contribution in [0.25, 0.3) is 0 Å². The summed E-state index contributed by atoms with van der Waals surface area (Å²) in [4.78, 5) is 10.3. The minimum absolute atomic E-state index is 0.105. The van der Waals surface area contributed by atoms with Crippen molar-refractivity contribution in [2.45, 2.75) is 0 Å². The number of hydrogen-bond acceptors (Lipinski definition) is 1. The fourth-order valence-electron chi connectivity index (χ4n) is 0.503. The average molecular weight is 110 g/mol. The lowest BCUT2D eigenvalue weighted by molar-refractivity contribution is -0.110. The topological polar surface area (TPSA) is 17.1 Å². The van der Waals surface area contributed by atoms with Crippen LogP contribution < -0.4 is 0 Å². The first-order valence-electron chi connectivity index (χ1n) is 2.26. The number of rotatable bonds is 0. The van der Waals surface area contributed by atoms with E-state index >= 15 is 0 Å². The van der Waals surface area contributed by atoms with Crippen molar-refractivity contribution in [3.05, 3.63) is 23.6 Å². The van der Waals surface area contributed by atoms with Gasteiger partial charge in [-0.15, -0.1) is 0 Å². The number of ketones is 1. The van der Waals surface area contributed by atoms with E-state index in [1.54, 1.807) is 12.2 Å². The molecule has 0 aromatic rings. The van der Waals surface area contributed by atoms with E-state index < -0.39 is 0 Å². The Hall–Kier alpha value is -0.633. The van der Waals surface area contributed by atoms with Crippen LogP contribution in [0.2, 0.25) is 0 Å². The van der Waals surface area contributed by atoms with Crippen molar-refractivity contribution in [1.82, 2.24) is 0 Å². The number of hydrogen-bond donors (Lipinski definition) is 0. The Balaban J connectivity index is 2.66. The first-order chi connectivity index (χ1) is 3.39. The minimum atomic E-state index is -0.105. The normalized spacial score (nSPS) is 18.0. The van der Waals surface area contributed by atoms with Gasteiger partial charge in [0.2, 0.25) is 0 Å². The van der Waals surface area contributed by atoms with Crippen LogP contribution in [-0.4, -0.2) is 15.3 Å².